The van der Waals surface area contributed by atoms with E-state index in [0.29, 0.717) is 0 Å². The minimum Gasteiger partial charge on any atom is -0.394 e. The standard InChI is InChI=1S/C18H38N2O/c1-4-12-19-18(3,16-21)11-6-7-13-20-14-8-9-17(5-2)10-15-20/h17,19,21H,4-16H2,1-3H3. The molecule has 0 bridgehead atoms. The van der Waals surface area contributed by atoms with Gasteiger partial charge in [-0.25, -0.2) is 0 Å². The van der Waals surface area contributed by atoms with Gasteiger partial charge < -0.3 is 15.3 Å². The third-order valence-corrected chi connectivity index (χ3v) is 5.12. The van der Waals surface area contributed by atoms with Crippen LogP contribution >= 0.6 is 0 Å². The maximum Gasteiger partial charge on any atom is 0.0610 e. The summed E-state index contributed by atoms with van der Waals surface area (Å²) in [6, 6.07) is 0. The number of nitrogens with zero attached hydrogens (tertiary/aromatic N) is 1. The summed E-state index contributed by atoms with van der Waals surface area (Å²) in [4.78, 5) is 2.66. The maximum atomic E-state index is 9.58. The van der Waals surface area contributed by atoms with Crippen molar-refractivity contribution in [3.8, 4) is 0 Å². The highest BCUT2D eigenvalue weighted by Crippen LogP contribution is 2.21. The normalized spacial score (nSPS) is 23.7. The van der Waals surface area contributed by atoms with Crippen LogP contribution < -0.4 is 5.32 Å². The first-order chi connectivity index (χ1) is 10.1. The summed E-state index contributed by atoms with van der Waals surface area (Å²) in [7, 11) is 0. The average molecular weight is 299 g/mol. The van der Waals surface area contributed by atoms with Crippen molar-refractivity contribution in [2.75, 3.05) is 32.8 Å². The third-order valence-electron chi connectivity index (χ3n) is 5.12. The second kappa shape index (κ2) is 10.6. The third kappa shape index (κ3) is 7.62. The first kappa shape index (κ1) is 18.9. The Morgan fingerprint density at radius 3 is 2.67 bits per heavy atom. The summed E-state index contributed by atoms with van der Waals surface area (Å²) in [5.74, 6) is 0.964. The van der Waals surface area contributed by atoms with Crippen LogP contribution in [0.15, 0.2) is 0 Å². The molecule has 0 aromatic heterocycles. The smallest absolute Gasteiger partial charge is 0.0610 e. The van der Waals surface area contributed by atoms with Crippen LogP contribution in [0, 0.1) is 5.92 Å². The molecule has 3 heteroatoms. The topological polar surface area (TPSA) is 35.5 Å². The fourth-order valence-electron chi connectivity index (χ4n) is 3.36. The van der Waals surface area contributed by atoms with Gasteiger partial charge in [-0.15, -0.1) is 0 Å². The number of hydrogen-bond donors (Lipinski definition) is 2. The van der Waals surface area contributed by atoms with Crippen molar-refractivity contribution in [3.63, 3.8) is 0 Å². The molecule has 126 valence electrons. The van der Waals surface area contributed by atoms with E-state index < -0.39 is 0 Å². The van der Waals surface area contributed by atoms with Gasteiger partial charge in [-0.1, -0.05) is 26.7 Å². The Morgan fingerprint density at radius 2 is 2.00 bits per heavy atom. The molecule has 1 heterocycles. The molecule has 0 aromatic rings. The molecule has 0 aromatic carbocycles. The van der Waals surface area contributed by atoms with Crippen molar-refractivity contribution in [1.29, 1.82) is 0 Å². The summed E-state index contributed by atoms with van der Waals surface area (Å²) in [5, 5.41) is 13.1. The number of nitrogens with one attached hydrogen (secondary N) is 1. The highest BCUT2D eigenvalue weighted by molar-refractivity contribution is 4.82. The fourth-order valence-corrected chi connectivity index (χ4v) is 3.36. The molecule has 0 radical (unpaired) electrons. The molecule has 3 nitrogen and oxygen atoms in total. The Hall–Kier alpha value is -0.120. The van der Waals surface area contributed by atoms with E-state index in [0.717, 1.165) is 25.3 Å². The lowest BCUT2D eigenvalue weighted by molar-refractivity contribution is 0.161. The molecule has 2 atom stereocenters. The highest BCUT2D eigenvalue weighted by Gasteiger charge is 2.21. The summed E-state index contributed by atoms with van der Waals surface area (Å²) >= 11 is 0. The average Bonchev–Trinajstić information content (AvgIpc) is 2.75. The van der Waals surface area contributed by atoms with E-state index in [1.54, 1.807) is 0 Å². The lowest BCUT2D eigenvalue weighted by Crippen LogP contribution is -2.46. The van der Waals surface area contributed by atoms with Crippen LogP contribution in [0.25, 0.3) is 0 Å². The van der Waals surface area contributed by atoms with E-state index in [1.165, 1.54) is 58.2 Å². The summed E-state index contributed by atoms with van der Waals surface area (Å²) < 4.78 is 0. The molecule has 0 spiro atoms. The number of unbranched alkanes of at least 4 members (excludes halogenated alkanes) is 1. The van der Waals surface area contributed by atoms with Gasteiger partial charge in [-0.2, -0.15) is 0 Å². The minimum atomic E-state index is -0.0812. The molecular formula is C18H38N2O. The Balaban J connectivity index is 2.17. The van der Waals surface area contributed by atoms with Gasteiger partial charge in [-0.05, 0) is 77.5 Å². The zero-order chi connectivity index (χ0) is 15.6. The Bertz CT molecular complexity index is 260. The van der Waals surface area contributed by atoms with Crippen LogP contribution in [-0.2, 0) is 0 Å². The van der Waals surface area contributed by atoms with Crippen LogP contribution in [0.4, 0.5) is 0 Å². The van der Waals surface area contributed by atoms with Gasteiger partial charge >= 0.3 is 0 Å². The molecule has 2 unspecified atom stereocenters. The van der Waals surface area contributed by atoms with Crippen molar-refractivity contribution in [1.82, 2.24) is 10.2 Å². The molecule has 0 amide bonds. The molecule has 2 N–H and O–H groups in total. The molecule has 1 aliphatic rings. The van der Waals surface area contributed by atoms with Crippen LogP contribution in [0.1, 0.15) is 72.1 Å². The molecule has 0 saturated carbocycles. The van der Waals surface area contributed by atoms with Gasteiger partial charge in [0.25, 0.3) is 0 Å². The zero-order valence-electron chi connectivity index (χ0n) is 14.7. The van der Waals surface area contributed by atoms with Crippen LogP contribution in [0.3, 0.4) is 0 Å². The van der Waals surface area contributed by atoms with Gasteiger partial charge in [0.15, 0.2) is 0 Å². The van der Waals surface area contributed by atoms with E-state index >= 15 is 0 Å². The minimum absolute atomic E-state index is 0.0812. The summed E-state index contributed by atoms with van der Waals surface area (Å²) in [6.45, 7) is 11.7. The molecule has 1 fully saturated rings. The first-order valence-electron chi connectivity index (χ1n) is 9.21. The lowest BCUT2D eigenvalue weighted by atomic mass is 9.95. The largest absolute Gasteiger partial charge is 0.394 e. The monoisotopic (exact) mass is 298 g/mol. The van der Waals surface area contributed by atoms with E-state index in [4.69, 9.17) is 0 Å². The first-order valence-corrected chi connectivity index (χ1v) is 9.21. The second-order valence-electron chi connectivity index (χ2n) is 7.15. The van der Waals surface area contributed by atoms with Gasteiger partial charge in [-0.3, -0.25) is 0 Å². The molecular weight excluding hydrogens is 260 g/mol. The van der Waals surface area contributed by atoms with Crippen LogP contribution in [-0.4, -0.2) is 48.3 Å². The Morgan fingerprint density at radius 1 is 1.19 bits per heavy atom. The predicted molar refractivity (Wildman–Crippen MR) is 91.7 cm³/mol. The maximum absolute atomic E-state index is 9.58. The van der Waals surface area contributed by atoms with Crippen molar-refractivity contribution < 1.29 is 5.11 Å². The van der Waals surface area contributed by atoms with Crippen molar-refractivity contribution in [3.05, 3.63) is 0 Å². The lowest BCUT2D eigenvalue weighted by Gasteiger charge is -2.29. The zero-order valence-corrected chi connectivity index (χ0v) is 14.7. The number of aliphatic hydroxyl groups is 1. The van der Waals surface area contributed by atoms with Crippen molar-refractivity contribution >= 4 is 0 Å². The highest BCUT2D eigenvalue weighted by atomic mass is 16.3. The number of rotatable bonds is 10. The van der Waals surface area contributed by atoms with E-state index in [1.807, 2.05) is 0 Å². The molecule has 21 heavy (non-hydrogen) atoms. The fraction of sp³-hybridized carbons (Fsp3) is 1.00. The van der Waals surface area contributed by atoms with Gasteiger partial charge in [0.1, 0.15) is 0 Å². The van der Waals surface area contributed by atoms with E-state index in [9.17, 15) is 5.11 Å². The van der Waals surface area contributed by atoms with E-state index in [-0.39, 0.29) is 12.1 Å². The Labute approximate surface area is 132 Å². The predicted octanol–water partition coefficient (Wildman–Crippen LogP) is 3.42. The molecule has 0 aliphatic carbocycles. The van der Waals surface area contributed by atoms with Gasteiger partial charge in [0.2, 0.25) is 0 Å². The number of hydrogen-bond acceptors (Lipinski definition) is 3. The Kier molecular flexibility index (Phi) is 9.54. The van der Waals surface area contributed by atoms with Crippen molar-refractivity contribution in [2.24, 2.45) is 5.92 Å². The van der Waals surface area contributed by atoms with Gasteiger partial charge in [0.05, 0.1) is 6.61 Å². The molecule has 1 rings (SSSR count). The van der Waals surface area contributed by atoms with Crippen molar-refractivity contribution in [2.45, 2.75) is 77.7 Å². The summed E-state index contributed by atoms with van der Waals surface area (Å²) in [6.07, 6.45) is 10.2. The number of likely N-dealkylation sites (tertiary alicyclic amines) is 1. The van der Waals surface area contributed by atoms with Crippen LogP contribution in [0.5, 0.6) is 0 Å². The molecule has 1 saturated heterocycles. The summed E-state index contributed by atoms with van der Waals surface area (Å²) in [5.41, 5.74) is -0.0812. The van der Waals surface area contributed by atoms with Crippen LogP contribution in [0.2, 0.25) is 0 Å². The second-order valence-corrected chi connectivity index (χ2v) is 7.15. The quantitative estimate of drug-likeness (QED) is 0.607. The number of aliphatic hydroxyl groups excluding tert-OH is 1. The molecule has 1 aliphatic heterocycles. The van der Waals surface area contributed by atoms with E-state index in [2.05, 4.69) is 31.0 Å². The SMILES string of the molecule is CCCNC(C)(CO)CCCCN1CCCC(CC)CC1. The van der Waals surface area contributed by atoms with Gasteiger partial charge in [0, 0.05) is 5.54 Å².